The van der Waals surface area contributed by atoms with Crippen LogP contribution in [0.2, 0.25) is 5.02 Å². The van der Waals surface area contributed by atoms with E-state index in [-0.39, 0.29) is 12.5 Å². The van der Waals surface area contributed by atoms with Crippen LogP contribution in [0, 0.1) is 0 Å². The number of amides is 1. The molecule has 30 heavy (non-hydrogen) atoms. The lowest BCUT2D eigenvalue weighted by molar-refractivity contribution is -0.166. The zero-order valence-electron chi connectivity index (χ0n) is 18.5. The molecular weight excluding hydrogens is 408 g/mol. The minimum absolute atomic E-state index is 0.147. The Hall–Kier alpha value is -2.09. The topological polar surface area (TPSA) is 91.1 Å². The molecule has 0 aliphatic carbocycles. The molecule has 166 valence electrons. The first-order valence-corrected chi connectivity index (χ1v) is 10.1. The maximum absolute atomic E-state index is 13.1. The van der Waals surface area contributed by atoms with Crippen LogP contribution in [-0.4, -0.2) is 61.4 Å². The summed E-state index contributed by atoms with van der Waals surface area (Å²) in [5.74, 6) is -0.809. The summed E-state index contributed by atoms with van der Waals surface area (Å²) in [5.41, 5.74) is 6.29. The first-order valence-electron chi connectivity index (χ1n) is 9.77. The van der Waals surface area contributed by atoms with Gasteiger partial charge in [0.25, 0.3) is 0 Å². The third-order valence-corrected chi connectivity index (χ3v) is 5.23. The predicted molar refractivity (Wildman–Crippen MR) is 117 cm³/mol. The maximum Gasteiger partial charge on any atom is 0.329 e. The Morgan fingerprint density at radius 3 is 2.57 bits per heavy atom. The van der Waals surface area contributed by atoms with E-state index in [1.54, 1.807) is 53.2 Å². The molecule has 0 radical (unpaired) electrons. The zero-order chi connectivity index (χ0) is 22.7. The van der Waals surface area contributed by atoms with Crippen molar-refractivity contribution in [3.8, 4) is 0 Å². The molecule has 0 saturated heterocycles. The molecule has 1 aromatic rings. The molecule has 1 aromatic carbocycles. The Kier molecular flexibility index (Phi) is 7.55. The normalized spacial score (nSPS) is 20.7. The molecule has 1 heterocycles. The molecule has 0 saturated carbocycles. The summed E-state index contributed by atoms with van der Waals surface area (Å²) in [4.78, 5) is 27.5. The van der Waals surface area contributed by atoms with Crippen LogP contribution >= 0.6 is 11.6 Å². The molecule has 0 spiro atoms. The maximum atomic E-state index is 13.1. The van der Waals surface area contributed by atoms with Gasteiger partial charge >= 0.3 is 5.97 Å². The number of carbonyl (C=O) groups is 2. The highest BCUT2D eigenvalue weighted by atomic mass is 35.5. The Bertz CT molecular complexity index is 833. The lowest BCUT2D eigenvalue weighted by atomic mass is 9.84. The van der Waals surface area contributed by atoms with E-state index in [2.05, 4.69) is 0 Å². The van der Waals surface area contributed by atoms with Crippen LogP contribution in [0.3, 0.4) is 0 Å². The fraction of sp³-hybridized carbons (Fsp3) is 0.545. The summed E-state index contributed by atoms with van der Waals surface area (Å²) < 4.78 is 16.5. The van der Waals surface area contributed by atoms with Gasteiger partial charge in [-0.1, -0.05) is 11.6 Å². The molecule has 2 rings (SSSR count). The van der Waals surface area contributed by atoms with Gasteiger partial charge in [0.05, 0.1) is 6.54 Å². The molecule has 1 aliphatic heterocycles. The molecule has 1 aliphatic rings. The smallest absolute Gasteiger partial charge is 0.329 e. The summed E-state index contributed by atoms with van der Waals surface area (Å²) in [6.07, 6.45) is 1.76. The van der Waals surface area contributed by atoms with Crippen molar-refractivity contribution >= 4 is 34.7 Å². The van der Waals surface area contributed by atoms with Crippen molar-refractivity contribution in [2.45, 2.75) is 51.4 Å². The summed E-state index contributed by atoms with van der Waals surface area (Å²) >= 11 is 6.15. The number of halogens is 1. The number of esters is 1. The number of carbonyl (C=O) groups excluding carboxylic acids is 2. The number of rotatable bonds is 7. The van der Waals surface area contributed by atoms with Crippen molar-refractivity contribution in [2.75, 3.05) is 33.1 Å². The van der Waals surface area contributed by atoms with Gasteiger partial charge in [-0.15, -0.1) is 0 Å². The van der Waals surface area contributed by atoms with E-state index in [9.17, 15) is 9.59 Å². The molecule has 7 nitrogen and oxygen atoms in total. The second-order valence-electron chi connectivity index (χ2n) is 8.52. The number of methoxy groups -OCH3 is 2. The lowest BCUT2D eigenvalue weighted by Crippen LogP contribution is -2.56. The average Bonchev–Trinajstić information content (AvgIpc) is 2.65. The minimum atomic E-state index is -0.903. The van der Waals surface area contributed by atoms with Gasteiger partial charge in [-0.2, -0.15) is 0 Å². The Morgan fingerprint density at radius 2 is 2.00 bits per heavy atom. The first kappa shape index (κ1) is 24.2. The molecule has 0 aromatic heterocycles. The highest BCUT2D eigenvalue weighted by molar-refractivity contribution is 6.31. The molecule has 0 fully saturated rings. The average molecular weight is 439 g/mol. The number of benzene rings is 1. The molecule has 2 atom stereocenters. The number of anilines is 1. The van der Waals surface area contributed by atoms with Gasteiger partial charge in [0.15, 0.2) is 0 Å². The van der Waals surface area contributed by atoms with Crippen LogP contribution in [0.5, 0.6) is 0 Å². The molecule has 2 unspecified atom stereocenters. The number of nitrogens with zero attached hydrogens (tertiary/aromatic N) is 1. The van der Waals surface area contributed by atoms with Crippen LogP contribution in [0.4, 0.5) is 5.69 Å². The quantitative estimate of drug-likeness (QED) is 0.518. The largest absolute Gasteiger partial charge is 0.458 e. The first-order chi connectivity index (χ1) is 13.9. The van der Waals surface area contributed by atoms with Crippen molar-refractivity contribution in [3.05, 3.63) is 34.9 Å². The van der Waals surface area contributed by atoms with Crippen molar-refractivity contribution in [3.63, 3.8) is 0 Å². The van der Waals surface area contributed by atoms with E-state index in [0.29, 0.717) is 34.9 Å². The van der Waals surface area contributed by atoms with Crippen LogP contribution < -0.4 is 5.73 Å². The molecule has 1 amide bonds. The third-order valence-electron chi connectivity index (χ3n) is 5.00. The second-order valence-corrected chi connectivity index (χ2v) is 8.96. The van der Waals surface area contributed by atoms with Gasteiger partial charge in [-0.25, -0.2) is 4.79 Å². The number of nitrogens with two attached hydrogens (primary N) is 1. The highest BCUT2D eigenvalue weighted by Gasteiger charge is 2.43. The minimum Gasteiger partial charge on any atom is -0.458 e. The fourth-order valence-corrected chi connectivity index (χ4v) is 3.58. The summed E-state index contributed by atoms with van der Waals surface area (Å²) in [6, 6.07) is 4.28. The Labute approximate surface area is 183 Å². The standard InChI is InChI=1S/C22H31ClN2O5/c1-21(2,3)30-20(27)18(9-10-28-5)25-13-22(4,29-6)16(12-19(25)26)15-11-14(23)7-8-17(15)24/h7-8,11-12,18H,9-10,13,24H2,1-6H3. The van der Waals surface area contributed by atoms with Gasteiger partial charge in [-0.05, 0) is 45.9 Å². The van der Waals surface area contributed by atoms with Gasteiger partial charge in [-0.3, -0.25) is 4.79 Å². The van der Waals surface area contributed by atoms with E-state index in [0.717, 1.165) is 0 Å². The monoisotopic (exact) mass is 438 g/mol. The van der Waals surface area contributed by atoms with Crippen LogP contribution in [0.1, 0.15) is 39.7 Å². The highest BCUT2D eigenvalue weighted by Crippen LogP contribution is 2.39. The summed E-state index contributed by atoms with van der Waals surface area (Å²) in [7, 11) is 3.10. The lowest BCUT2D eigenvalue weighted by Gasteiger charge is -2.43. The third kappa shape index (κ3) is 5.53. The van der Waals surface area contributed by atoms with E-state index in [4.69, 9.17) is 31.5 Å². The number of ether oxygens (including phenoxy) is 3. The Balaban J connectivity index is 2.47. The summed E-state index contributed by atoms with van der Waals surface area (Å²) in [6.45, 7) is 7.66. The molecule has 2 N–H and O–H groups in total. The van der Waals surface area contributed by atoms with Crippen molar-refractivity contribution < 1.29 is 23.8 Å². The number of hydrogen-bond donors (Lipinski definition) is 1. The van der Waals surface area contributed by atoms with Crippen LogP contribution in [0.15, 0.2) is 24.3 Å². The number of nitrogen functional groups attached to an aromatic ring is 1. The van der Waals surface area contributed by atoms with Crippen LogP contribution in [0.25, 0.3) is 5.57 Å². The van der Waals surface area contributed by atoms with Gasteiger partial charge < -0.3 is 24.8 Å². The molecule has 8 heteroatoms. The fourth-order valence-electron chi connectivity index (χ4n) is 3.41. The Morgan fingerprint density at radius 1 is 1.33 bits per heavy atom. The van der Waals surface area contributed by atoms with Gasteiger partial charge in [0.1, 0.15) is 17.2 Å². The van der Waals surface area contributed by atoms with E-state index >= 15 is 0 Å². The van der Waals surface area contributed by atoms with Crippen molar-refractivity contribution in [1.82, 2.24) is 4.90 Å². The van der Waals surface area contributed by atoms with Gasteiger partial charge in [0, 0.05) is 55.2 Å². The summed E-state index contributed by atoms with van der Waals surface area (Å²) in [5, 5.41) is 0.500. The predicted octanol–water partition coefficient (Wildman–Crippen LogP) is 3.30. The van der Waals surface area contributed by atoms with Crippen molar-refractivity contribution in [1.29, 1.82) is 0 Å². The zero-order valence-corrected chi connectivity index (χ0v) is 19.2. The van der Waals surface area contributed by atoms with E-state index in [1.165, 1.54) is 11.0 Å². The van der Waals surface area contributed by atoms with Crippen molar-refractivity contribution in [2.24, 2.45) is 0 Å². The molecular formula is C22H31ClN2O5. The van der Waals surface area contributed by atoms with Gasteiger partial charge in [0.2, 0.25) is 5.91 Å². The second kappa shape index (κ2) is 9.37. The van der Waals surface area contributed by atoms with E-state index < -0.39 is 23.2 Å². The SMILES string of the molecule is COCCC(C(=O)OC(C)(C)C)N1CC(C)(OC)C(c2cc(Cl)ccc2N)=CC1=O. The van der Waals surface area contributed by atoms with Crippen LogP contribution in [-0.2, 0) is 23.8 Å². The molecule has 0 bridgehead atoms. The number of hydrogen-bond acceptors (Lipinski definition) is 6. The van der Waals surface area contributed by atoms with E-state index in [1.807, 2.05) is 6.92 Å².